The van der Waals surface area contributed by atoms with Gasteiger partial charge in [-0.2, -0.15) is 13.2 Å². The molecular formula is C22H20F3N3O4. The average molecular weight is 447 g/mol. The van der Waals surface area contributed by atoms with Crippen LogP contribution in [0.25, 0.3) is 0 Å². The maximum atomic E-state index is 13.7. The molecule has 0 radical (unpaired) electrons. The third-order valence-electron chi connectivity index (χ3n) is 5.53. The van der Waals surface area contributed by atoms with Gasteiger partial charge in [-0.05, 0) is 37.3 Å². The first-order valence-corrected chi connectivity index (χ1v) is 10.00. The van der Waals surface area contributed by atoms with Crippen LogP contribution in [0, 0.1) is 0 Å². The lowest BCUT2D eigenvalue weighted by atomic mass is 10.1. The monoisotopic (exact) mass is 447 g/mol. The van der Waals surface area contributed by atoms with E-state index in [4.69, 9.17) is 4.74 Å². The quantitative estimate of drug-likeness (QED) is 0.729. The summed E-state index contributed by atoms with van der Waals surface area (Å²) >= 11 is 0. The molecule has 2 aromatic rings. The zero-order chi connectivity index (χ0) is 23.0. The largest absolute Gasteiger partial charge is 0.418 e. The molecule has 32 heavy (non-hydrogen) atoms. The number of anilines is 2. The minimum atomic E-state index is -4.72. The zero-order valence-corrected chi connectivity index (χ0v) is 17.1. The van der Waals surface area contributed by atoms with Gasteiger partial charge in [0.15, 0.2) is 0 Å². The van der Waals surface area contributed by atoms with Crippen LogP contribution in [0.15, 0.2) is 42.5 Å². The van der Waals surface area contributed by atoms with Crippen molar-refractivity contribution in [3.8, 4) is 0 Å². The van der Waals surface area contributed by atoms with Crippen molar-refractivity contribution in [1.82, 2.24) is 4.90 Å². The first kappa shape index (κ1) is 21.8. The molecule has 4 rings (SSSR count). The SMILES string of the molecule is CC(C(=O)Nc1ccc(N2CCOCC2)cc1C(F)(F)F)N1C(=O)c2ccccc2C1=O. The van der Waals surface area contributed by atoms with E-state index in [2.05, 4.69) is 5.32 Å². The summed E-state index contributed by atoms with van der Waals surface area (Å²) in [4.78, 5) is 40.4. The number of alkyl halides is 3. The molecule has 2 heterocycles. The van der Waals surface area contributed by atoms with E-state index in [-0.39, 0.29) is 11.1 Å². The number of hydrogen-bond acceptors (Lipinski definition) is 5. The Morgan fingerprint density at radius 1 is 1.03 bits per heavy atom. The molecule has 1 saturated heterocycles. The molecule has 1 N–H and O–H groups in total. The Bertz CT molecular complexity index is 1050. The van der Waals surface area contributed by atoms with Crippen LogP contribution in [0.4, 0.5) is 24.5 Å². The Kier molecular flexibility index (Phi) is 5.64. The predicted molar refractivity (Wildman–Crippen MR) is 110 cm³/mol. The van der Waals surface area contributed by atoms with Gasteiger partial charge >= 0.3 is 6.18 Å². The fourth-order valence-electron chi connectivity index (χ4n) is 3.81. The van der Waals surface area contributed by atoms with Crippen LogP contribution in [0.5, 0.6) is 0 Å². The first-order valence-electron chi connectivity index (χ1n) is 10.00. The number of ether oxygens (including phenoxy) is 1. The van der Waals surface area contributed by atoms with E-state index < -0.39 is 41.2 Å². The van der Waals surface area contributed by atoms with E-state index in [1.807, 2.05) is 0 Å². The van der Waals surface area contributed by atoms with Gasteiger partial charge in [-0.1, -0.05) is 12.1 Å². The van der Waals surface area contributed by atoms with Crippen LogP contribution in [-0.2, 0) is 15.7 Å². The molecule has 0 aliphatic carbocycles. The van der Waals surface area contributed by atoms with Gasteiger partial charge in [0.25, 0.3) is 11.8 Å². The van der Waals surface area contributed by atoms with E-state index in [9.17, 15) is 27.6 Å². The van der Waals surface area contributed by atoms with Gasteiger partial charge in [0.05, 0.1) is 35.6 Å². The molecule has 2 aromatic carbocycles. The summed E-state index contributed by atoms with van der Waals surface area (Å²) in [6, 6.07) is 8.45. The van der Waals surface area contributed by atoms with Crippen molar-refractivity contribution < 1.29 is 32.3 Å². The van der Waals surface area contributed by atoms with Crippen LogP contribution in [-0.4, -0.2) is 55.0 Å². The maximum Gasteiger partial charge on any atom is 0.418 e. The summed E-state index contributed by atoms with van der Waals surface area (Å²) in [5.74, 6) is -2.22. The van der Waals surface area contributed by atoms with Gasteiger partial charge in [0, 0.05) is 18.8 Å². The van der Waals surface area contributed by atoms with E-state index in [1.54, 1.807) is 17.0 Å². The summed E-state index contributed by atoms with van der Waals surface area (Å²) in [6.07, 6.45) is -4.72. The van der Waals surface area contributed by atoms with Gasteiger partial charge in [0.2, 0.25) is 5.91 Å². The lowest BCUT2D eigenvalue weighted by molar-refractivity contribution is -0.137. The number of nitrogens with one attached hydrogen (secondary N) is 1. The molecule has 1 atom stereocenters. The Hall–Kier alpha value is -3.40. The summed E-state index contributed by atoms with van der Waals surface area (Å²) < 4.78 is 46.4. The average Bonchev–Trinajstić information content (AvgIpc) is 3.03. The van der Waals surface area contributed by atoms with E-state index in [0.717, 1.165) is 11.0 Å². The summed E-state index contributed by atoms with van der Waals surface area (Å²) in [6.45, 7) is 3.04. The normalized spacial score (nSPS) is 17.4. The van der Waals surface area contributed by atoms with Crippen molar-refractivity contribution in [3.05, 3.63) is 59.2 Å². The molecule has 168 valence electrons. The second-order valence-electron chi connectivity index (χ2n) is 7.52. The maximum absolute atomic E-state index is 13.7. The number of carbonyl (C=O) groups is 3. The summed E-state index contributed by atoms with van der Waals surface area (Å²) in [5, 5.41) is 2.24. The van der Waals surface area contributed by atoms with Gasteiger partial charge in [0.1, 0.15) is 6.04 Å². The van der Waals surface area contributed by atoms with E-state index in [0.29, 0.717) is 32.0 Å². The number of amides is 3. The van der Waals surface area contributed by atoms with Gasteiger partial charge in [-0.25, -0.2) is 0 Å². The number of hydrogen-bond donors (Lipinski definition) is 1. The molecular weight excluding hydrogens is 427 g/mol. The molecule has 2 aliphatic heterocycles. The standard InChI is InChI=1S/C22H20F3N3O4/c1-13(28-20(30)15-4-2-3-5-16(15)21(28)31)19(29)26-18-7-6-14(12-17(18)22(23,24)25)27-8-10-32-11-9-27/h2-7,12-13H,8-11H2,1H3,(H,26,29). The van der Waals surface area contributed by atoms with Gasteiger partial charge < -0.3 is 15.0 Å². The lowest BCUT2D eigenvalue weighted by Gasteiger charge is -2.30. The van der Waals surface area contributed by atoms with E-state index >= 15 is 0 Å². The summed E-state index contributed by atoms with van der Waals surface area (Å²) in [7, 11) is 0. The molecule has 0 spiro atoms. The number of morpholine rings is 1. The highest BCUT2D eigenvalue weighted by atomic mass is 19.4. The van der Waals surface area contributed by atoms with Crippen molar-refractivity contribution >= 4 is 29.1 Å². The molecule has 3 amide bonds. The van der Waals surface area contributed by atoms with Crippen LogP contribution in [0.3, 0.4) is 0 Å². The van der Waals surface area contributed by atoms with Crippen molar-refractivity contribution in [2.75, 3.05) is 36.5 Å². The van der Waals surface area contributed by atoms with Crippen LogP contribution < -0.4 is 10.2 Å². The molecule has 1 fully saturated rings. The smallest absolute Gasteiger partial charge is 0.378 e. The predicted octanol–water partition coefficient (Wildman–Crippen LogP) is 3.17. The Balaban J connectivity index is 1.57. The zero-order valence-electron chi connectivity index (χ0n) is 17.1. The molecule has 10 heteroatoms. The lowest BCUT2D eigenvalue weighted by Crippen LogP contribution is -2.45. The summed E-state index contributed by atoms with van der Waals surface area (Å²) in [5.41, 5.74) is -0.773. The van der Waals surface area contributed by atoms with E-state index in [1.165, 1.54) is 31.2 Å². The number of imide groups is 1. The Labute approximate surface area is 181 Å². The number of rotatable bonds is 4. The molecule has 1 unspecified atom stereocenters. The Morgan fingerprint density at radius 3 is 2.19 bits per heavy atom. The van der Waals surface area contributed by atoms with Crippen molar-refractivity contribution in [1.29, 1.82) is 0 Å². The molecule has 0 bridgehead atoms. The van der Waals surface area contributed by atoms with Crippen molar-refractivity contribution in [3.63, 3.8) is 0 Å². The fourth-order valence-corrected chi connectivity index (χ4v) is 3.81. The Morgan fingerprint density at radius 2 is 1.62 bits per heavy atom. The van der Waals surface area contributed by atoms with Gasteiger partial charge in [-0.15, -0.1) is 0 Å². The minimum absolute atomic E-state index is 0.156. The molecule has 0 aromatic heterocycles. The highest BCUT2D eigenvalue weighted by Gasteiger charge is 2.41. The third kappa shape index (κ3) is 3.93. The van der Waals surface area contributed by atoms with Gasteiger partial charge in [-0.3, -0.25) is 19.3 Å². The minimum Gasteiger partial charge on any atom is -0.378 e. The number of carbonyl (C=O) groups excluding carboxylic acids is 3. The molecule has 2 aliphatic rings. The topological polar surface area (TPSA) is 79.0 Å². The fraction of sp³-hybridized carbons (Fsp3) is 0.318. The van der Waals surface area contributed by atoms with Crippen LogP contribution in [0.1, 0.15) is 33.2 Å². The first-order chi connectivity index (χ1) is 15.2. The number of benzene rings is 2. The second-order valence-corrected chi connectivity index (χ2v) is 7.52. The third-order valence-corrected chi connectivity index (χ3v) is 5.53. The van der Waals surface area contributed by atoms with Crippen LogP contribution in [0.2, 0.25) is 0 Å². The second kappa shape index (κ2) is 8.27. The van der Waals surface area contributed by atoms with Crippen LogP contribution >= 0.6 is 0 Å². The number of nitrogens with zero attached hydrogens (tertiary/aromatic N) is 2. The highest BCUT2D eigenvalue weighted by Crippen LogP contribution is 2.38. The number of halogens is 3. The van der Waals surface area contributed by atoms with Crippen molar-refractivity contribution in [2.45, 2.75) is 19.1 Å². The molecule has 7 nitrogen and oxygen atoms in total. The number of fused-ring (bicyclic) bond motifs is 1. The highest BCUT2D eigenvalue weighted by molar-refractivity contribution is 6.23. The molecule has 0 saturated carbocycles. The van der Waals surface area contributed by atoms with Crippen molar-refractivity contribution in [2.24, 2.45) is 0 Å².